The van der Waals surface area contributed by atoms with Crippen molar-refractivity contribution in [1.82, 2.24) is 5.32 Å². The molecule has 0 bridgehead atoms. The molecule has 1 saturated heterocycles. The van der Waals surface area contributed by atoms with Crippen LogP contribution in [0.4, 0.5) is 13.2 Å². The number of carbonyl (C=O) groups is 1. The average molecular weight is 185 g/mol. The fourth-order valence-electron chi connectivity index (χ4n) is 0.841. The molecule has 0 atom stereocenters. The van der Waals surface area contributed by atoms with E-state index in [9.17, 15) is 18.0 Å². The maximum Gasteiger partial charge on any atom is 0.523 e. The van der Waals surface area contributed by atoms with Crippen molar-refractivity contribution in [2.75, 3.05) is 13.1 Å². The zero-order chi connectivity index (χ0) is 9.41. The summed E-state index contributed by atoms with van der Waals surface area (Å²) in [5.41, 5.74) is -2.11. The highest BCUT2D eigenvalue weighted by atomic mass is 19.4. The molecule has 0 saturated carbocycles. The Hall–Kier alpha value is -0.820. The summed E-state index contributed by atoms with van der Waals surface area (Å²) in [7, 11) is 0. The van der Waals surface area contributed by atoms with Crippen LogP contribution in [0.25, 0.3) is 0 Å². The first kappa shape index (κ1) is 9.27. The normalized spacial score (nSPS) is 21.6. The standard InChI is InChI=1S/C5H6F3NO3/c6-5(7,8)12-4(3(10)11)1-9-2-4/h9H,1-2H2,(H,10,11). The second kappa shape index (κ2) is 2.60. The molecule has 1 fully saturated rings. The largest absolute Gasteiger partial charge is 0.523 e. The number of aliphatic carboxylic acids is 1. The molecular formula is C5H6F3NO3. The smallest absolute Gasteiger partial charge is 0.479 e. The van der Waals surface area contributed by atoms with Gasteiger partial charge in [0, 0.05) is 13.1 Å². The van der Waals surface area contributed by atoms with E-state index in [4.69, 9.17) is 5.11 Å². The molecule has 70 valence electrons. The van der Waals surface area contributed by atoms with Gasteiger partial charge in [0.1, 0.15) is 0 Å². The molecule has 0 aromatic carbocycles. The van der Waals surface area contributed by atoms with Gasteiger partial charge in [-0.15, -0.1) is 13.2 Å². The van der Waals surface area contributed by atoms with Crippen LogP contribution < -0.4 is 5.32 Å². The average Bonchev–Trinajstić information content (AvgIpc) is 1.75. The molecule has 0 spiro atoms. The van der Waals surface area contributed by atoms with Crippen molar-refractivity contribution in [3.05, 3.63) is 0 Å². The lowest BCUT2D eigenvalue weighted by molar-refractivity contribution is -0.367. The molecule has 1 aliphatic rings. The summed E-state index contributed by atoms with van der Waals surface area (Å²) >= 11 is 0. The SMILES string of the molecule is O=C(O)C1(OC(F)(F)F)CNC1. The second-order valence-corrected chi connectivity index (χ2v) is 2.45. The summed E-state index contributed by atoms with van der Waals surface area (Å²) in [6.07, 6.45) is -4.90. The van der Waals surface area contributed by atoms with Gasteiger partial charge in [0.15, 0.2) is 5.60 Å². The van der Waals surface area contributed by atoms with E-state index in [0.29, 0.717) is 0 Å². The molecule has 0 aliphatic carbocycles. The quantitative estimate of drug-likeness (QED) is 0.633. The molecule has 0 unspecified atom stereocenters. The third-order valence-electron chi connectivity index (χ3n) is 1.52. The molecule has 0 aromatic heterocycles. The lowest BCUT2D eigenvalue weighted by atomic mass is 9.97. The van der Waals surface area contributed by atoms with Gasteiger partial charge in [-0.2, -0.15) is 0 Å². The fourth-order valence-corrected chi connectivity index (χ4v) is 0.841. The number of rotatable bonds is 2. The Kier molecular flexibility index (Phi) is 2.01. The number of ether oxygens (including phenoxy) is 1. The van der Waals surface area contributed by atoms with E-state index in [1.807, 2.05) is 0 Å². The van der Waals surface area contributed by atoms with Gasteiger partial charge in [-0.05, 0) is 0 Å². The Labute approximate surface area is 65.3 Å². The van der Waals surface area contributed by atoms with Gasteiger partial charge in [-0.3, -0.25) is 4.74 Å². The number of carboxylic acids is 1. The molecule has 0 radical (unpaired) electrons. The van der Waals surface area contributed by atoms with Crippen molar-refractivity contribution in [1.29, 1.82) is 0 Å². The molecule has 4 nitrogen and oxygen atoms in total. The predicted molar refractivity (Wildman–Crippen MR) is 30.4 cm³/mol. The van der Waals surface area contributed by atoms with Crippen LogP contribution in [0, 0.1) is 0 Å². The van der Waals surface area contributed by atoms with E-state index in [0.717, 1.165) is 0 Å². The van der Waals surface area contributed by atoms with E-state index in [-0.39, 0.29) is 13.1 Å². The molecule has 1 heterocycles. The lowest BCUT2D eigenvalue weighted by Gasteiger charge is -2.38. The number of halogens is 3. The van der Waals surface area contributed by atoms with E-state index in [1.165, 1.54) is 0 Å². The fraction of sp³-hybridized carbons (Fsp3) is 0.800. The summed E-state index contributed by atoms with van der Waals surface area (Å²) in [5.74, 6) is -1.60. The van der Waals surface area contributed by atoms with Crippen molar-refractivity contribution in [3.63, 3.8) is 0 Å². The molecule has 7 heteroatoms. The topological polar surface area (TPSA) is 58.6 Å². The summed E-state index contributed by atoms with van der Waals surface area (Å²) in [6.45, 7) is -0.635. The number of hydrogen-bond donors (Lipinski definition) is 2. The lowest BCUT2D eigenvalue weighted by Crippen LogP contribution is -2.67. The molecule has 0 aromatic rings. The Morgan fingerprint density at radius 1 is 1.50 bits per heavy atom. The Balaban J connectivity index is 2.63. The third-order valence-corrected chi connectivity index (χ3v) is 1.52. The van der Waals surface area contributed by atoms with Gasteiger partial charge >= 0.3 is 12.3 Å². The van der Waals surface area contributed by atoms with E-state index in [1.54, 1.807) is 0 Å². The summed E-state index contributed by atoms with van der Waals surface area (Å²) in [5, 5.41) is 10.8. The van der Waals surface area contributed by atoms with E-state index < -0.39 is 17.9 Å². The minimum absolute atomic E-state index is 0.318. The van der Waals surface area contributed by atoms with Crippen molar-refractivity contribution in [3.8, 4) is 0 Å². The summed E-state index contributed by atoms with van der Waals surface area (Å²) in [4.78, 5) is 10.3. The molecule has 0 amide bonds. The maximum absolute atomic E-state index is 11.6. The highest BCUT2D eigenvalue weighted by Crippen LogP contribution is 2.28. The van der Waals surface area contributed by atoms with Gasteiger partial charge in [-0.25, -0.2) is 4.79 Å². The van der Waals surface area contributed by atoms with Crippen LogP contribution in [0.3, 0.4) is 0 Å². The number of alkyl halides is 3. The highest BCUT2D eigenvalue weighted by molar-refractivity contribution is 5.79. The summed E-state index contributed by atoms with van der Waals surface area (Å²) in [6, 6.07) is 0. The predicted octanol–water partition coefficient (Wildman–Crippen LogP) is -0.0506. The minimum atomic E-state index is -4.90. The van der Waals surface area contributed by atoms with Gasteiger partial charge < -0.3 is 10.4 Å². The molecule has 12 heavy (non-hydrogen) atoms. The van der Waals surface area contributed by atoms with Crippen LogP contribution in [-0.2, 0) is 9.53 Å². The van der Waals surface area contributed by atoms with Crippen LogP contribution in [0.1, 0.15) is 0 Å². The van der Waals surface area contributed by atoms with Crippen LogP contribution >= 0.6 is 0 Å². The van der Waals surface area contributed by atoms with Crippen molar-refractivity contribution < 1.29 is 27.8 Å². The highest BCUT2D eigenvalue weighted by Gasteiger charge is 2.53. The van der Waals surface area contributed by atoms with Crippen molar-refractivity contribution in [2.45, 2.75) is 12.0 Å². The number of carboxylic acid groups (broad SMARTS) is 1. The molecule has 1 rings (SSSR count). The first-order valence-electron chi connectivity index (χ1n) is 3.07. The molecular weight excluding hydrogens is 179 g/mol. The Morgan fingerprint density at radius 3 is 2.08 bits per heavy atom. The van der Waals surface area contributed by atoms with Crippen LogP contribution in [0.2, 0.25) is 0 Å². The maximum atomic E-state index is 11.6. The Bertz CT molecular complexity index is 199. The van der Waals surface area contributed by atoms with Gasteiger partial charge in [0.2, 0.25) is 0 Å². The first-order valence-corrected chi connectivity index (χ1v) is 3.07. The zero-order valence-electron chi connectivity index (χ0n) is 5.81. The second-order valence-electron chi connectivity index (χ2n) is 2.45. The van der Waals surface area contributed by atoms with Gasteiger partial charge in [0.05, 0.1) is 0 Å². The van der Waals surface area contributed by atoms with Gasteiger partial charge in [0.25, 0.3) is 0 Å². The van der Waals surface area contributed by atoms with Crippen LogP contribution in [-0.4, -0.2) is 36.1 Å². The van der Waals surface area contributed by atoms with Crippen molar-refractivity contribution >= 4 is 5.97 Å². The number of hydrogen-bond acceptors (Lipinski definition) is 3. The molecule has 2 N–H and O–H groups in total. The number of nitrogens with one attached hydrogen (secondary N) is 1. The van der Waals surface area contributed by atoms with Crippen molar-refractivity contribution in [2.24, 2.45) is 0 Å². The van der Waals surface area contributed by atoms with Gasteiger partial charge in [-0.1, -0.05) is 0 Å². The first-order chi connectivity index (χ1) is 5.36. The Morgan fingerprint density at radius 2 is 2.00 bits per heavy atom. The monoisotopic (exact) mass is 185 g/mol. The minimum Gasteiger partial charge on any atom is -0.479 e. The van der Waals surface area contributed by atoms with Crippen LogP contribution in [0.15, 0.2) is 0 Å². The van der Waals surface area contributed by atoms with E-state index in [2.05, 4.69) is 10.1 Å². The van der Waals surface area contributed by atoms with Crippen LogP contribution in [0.5, 0.6) is 0 Å². The third kappa shape index (κ3) is 1.67. The van der Waals surface area contributed by atoms with E-state index >= 15 is 0 Å². The summed E-state index contributed by atoms with van der Waals surface area (Å²) < 4.78 is 38.3. The molecule has 1 aliphatic heterocycles. The zero-order valence-corrected chi connectivity index (χ0v) is 5.81.